The van der Waals surface area contributed by atoms with E-state index in [0.29, 0.717) is 5.69 Å². The highest BCUT2D eigenvalue weighted by molar-refractivity contribution is 6.28. The number of fused-ring (bicyclic) bond motifs is 3. The third-order valence-corrected chi connectivity index (χ3v) is 15.9. The Morgan fingerprint density at radius 1 is 0.355 bits per heavy atom. The van der Waals surface area contributed by atoms with Crippen molar-refractivity contribution < 1.29 is 9.52 Å². The Hall–Kier alpha value is -9.12. The minimum atomic E-state index is 0.225. The molecule has 0 aliphatic heterocycles. The zero-order valence-electron chi connectivity index (χ0n) is 43.9. The zero-order valence-corrected chi connectivity index (χ0v) is 43.9. The second-order valence-corrected chi connectivity index (χ2v) is 20.6. The topological polar surface area (TPSA) is 39.9 Å². The Morgan fingerprint density at radius 3 is 1.46 bits per heavy atom. The summed E-state index contributed by atoms with van der Waals surface area (Å²) in [5.41, 5.74) is 21.1. The summed E-state index contributed by atoms with van der Waals surface area (Å²) in [5, 5.41) is 21.9. The first-order chi connectivity index (χ1) is 37.2. The Balaban J connectivity index is 1.03. The summed E-state index contributed by atoms with van der Waals surface area (Å²) < 4.78 is 7.25. The highest BCUT2D eigenvalue weighted by Gasteiger charge is 2.27. The van der Waals surface area contributed by atoms with Gasteiger partial charge in [0.15, 0.2) is 5.58 Å². The van der Waals surface area contributed by atoms with Gasteiger partial charge in [-0.3, -0.25) is 0 Å². The standard InChI is InChI=1S/C72H58N2O2/c1-7-48-17-9-11-21-54(48)52-19-13-20-53(43-52)56-23-15-27-64(70(56)75)73(66-41-44(3)29-31-46(66)5)62-39-35-50-34-38-61-63(40-36-51-33-37-60(62)68(50)69(51)61)74(67-42-45(4)30-32-47(67)6)65-28-16-26-59-58-25-14-24-57(71(58)76-72(59)65)55-22-12-10-18-49(55)8-2/h9-43,75H,7-8H2,1-6H3. The van der Waals surface area contributed by atoms with Crippen LogP contribution in [0.25, 0.3) is 87.6 Å². The van der Waals surface area contributed by atoms with Crippen LogP contribution in [0.4, 0.5) is 34.1 Å². The van der Waals surface area contributed by atoms with Crippen molar-refractivity contribution in [3.05, 3.63) is 246 Å². The smallest absolute Gasteiger partial charge is 0.159 e. The molecule has 13 rings (SSSR count). The first-order valence-corrected chi connectivity index (χ1v) is 26.7. The molecule has 0 fully saturated rings. The van der Waals surface area contributed by atoms with Crippen LogP contribution in [-0.4, -0.2) is 5.11 Å². The summed E-state index contributed by atoms with van der Waals surface area (Å²) in [6.07, 6.45) is 1.87. The van der Waals surface area contributed by atoms with E-state index in [1.54, 1.807) is 0 Å². The predicted molar refractivity (Wildman–Crippen MR) is 322 cm³/mol. The molecule has 368 valence electrons. The van der Waals surface area contributed by atoms with Crippen LogP contribution >= 0.6 is 0 Å². The molecule has 12 aromatic carbocycles. The van der Waals surface area contributed by atoms with Crippen molar-refractivity contribution in [2.45, 2.75) is 54.4 Å². The number of furan rings is 1. The molecule has 0 aliphatic rings. The molecule has 0 atom stereocenters. The molecule has 0 aliphatic carbocycles. The van der Waals surface area contributed by atoms with Crippen LogP contribution in [0.15, 0.2) is 217 Å². The number of nitrogens with zero attached hydrogens (tertiary/aromatic N) is 2. The molecular formula is C72H58N2O2. The van der Waals surface area contributed by atoms with Gasteiger partial charge < -0.3 is 19.3 Å². The van der Waals surface area contributed by atoms with Gasteiger partial charge in [-0.2, -0.15) is 0 Å². The minimum absolute atomic E-state index is 0.225. The number of rotatable bonds is 11. The van der Waals surface area contributed by atoms with E-state index in [1.807, 2.05) is 6.07 Å². The molecule has 0 bridgehead atoms. The SMILES string of the molecule is CCc1ccccc1-c1cccc(-c2cccc(N(c3cc(C)ccc3C)c3ccc4ccc5c(N(c6cc(C)ccc6C)c6cccc7c6oc6c(-c8ccccc8CC)cccc67)ccc6ccc3c4c65)c2O)c1. The summed E-state index contributed by atoms with van der Waals surface area (Å²) in [5.74, 6) is 0.225. The molecule has 4 heteroatoms. The third-order valence-electron chi connectivity index (χ3n) is 15.9. The van der Waals surface area contributed by atoms with E-state index in [1.165, 1.54) is 38.6 Å². The van der Waals surface area contributed by atoms with Crippen molar-refractivity contribution in [3.8, 4) is 39.1 Å². The molecule has 1 heterocycles. The maximum Gasteiger partial charge on any atom is 0.159 e. The third kappa shape index (κ3) is 7.58. The number of phenols is 1. The average molecular weight is 983 g/mol. The fourth-order valence-electron chi connectivity index (χ4n) is 12.1. The lowest BCUT2D eigenvalue weighted by Crippen LogP contribution is -2.13. The van der Waals surface area contributed by atoms with Crippen molar-refractivity contribution in [2.75, 3.05) is 9.80 Å². The van der Waals surface area contributed by atoms with E-state index in [-0.39, 0.29) is 5.75 Å². The van der Waals surface area contributed by atoms with E-state index in [4.69, 9.17) is 4.42 Å². The van der Waals surface area contributed by atoms with Gasteiger partial charge in [0.25, 0.3) is 0 Å². The summed E-state index contributed by atoms with van der Waals surface area (Å²) in [6, 6.07) is 76.7. The molecular weight excluding hydrogens is 925 g/mol. The van der Waals surface area contributed by atoms with Gasteiger partial charge in [-0.05, 0) is 160 Å². The maximum atomic E-state index is 12.8. The van der Waals surface area contributed by atoms with Gasteiger partial charge in [0.1, 0.15) is 11.3 Å². The van der Waals surface area contributed by atoms with E-state index >= 15 is 0 Å². The molecule has 0 saturated heterocycles. The zero-order chi connectivity index (χ0) is 51.8. The number of phenolic OH excluding ortho intramolecular Hbond substituents is 1. The molecule has 0 spiro atoms. The van der Waals surface area contributed by atoms with Crippen molar-refractivity contribution in [1.29, 1.82) is 0 Å². The summed E-state index contributed by atoms with van der Waals surface area (Å²) in [6.45, 7) is 13.1. The lowest BCUT2D eigenvalue weighted by molar-refractivity contribution is 0.478. The first kappa shape index (κ1) is 46.7. The highest BCUT2D eigenvalue weighted by atomic mass is 16.3. The van der Waals surface area contributed by atoms with Crippen LogP contribution in [0.2, 0.25) is 0 Å². The number of para-hydroxylation sites is 3. The lowest BCUT2D eigenvalue weighted by atomic mass is 9.91. The second kappa shape index (κ2) is 18.7. The Kier molecular flexibility index (Phi) is 11.5. The monoisotopic (exact) mass is 982 g/mol. The first-order valence-electron chi connectivity index (χ1n) is 26.7. The fraction of sp³-hybridized carbons (Fsp3) is 0.111. The molecule has 76 heavy (non-hydrogen) atoms. The van der Waals surface area contributed by atoms with Crippen molar-refractivity contribution in [1.82, 2.24) is 0 Å². The van der Waals surface area contributed by atoms with Gasteiger partial charge in [0.2, 0.25) is 0 Å². The number of aryl methyl sites for hydroxylation is 6. The Bertz CT molecular complexity index is 4410. The minimum Gasteiger partial charge on any atom is -0.505 e. The number of aromatic hydroxyl groups is 1. The molecule has 0 unspecified atom stereocenters. The fourth-order valence-corrected chi connectivity index (χ4v) is 12.1. The van der Waals surface area contributed by atoms with Crippen molar-refractivity contribution in [3.63, 3.8) is 0 Å². The molecule has 4 nitrogen and oxygen atoms in total. The van der Waals surface area contributed by atoms with E-state index in [0.717, 1.165) is 124 Å². The van der Waals surface area contributed by atoms with Gasteiger partial charge in [0.05, 0.1) is 22.7 Å². The van der Waals surface area contributed by atoms with Gasteiger partial charge in [0, 0.05) is 44.0 Å². The van der Waals surface area contributed by atoms with Crippen molar-refractivity contribution in [2.24, 2.45) is 0 Å². The van der Waals surface area contributed by atoms with E-state index < -0.39 is 0 Å². The number of hydrogen-bond donors (Lipinski definition) is 1. The van der Waals surface area contributed by atoms with Crippen LogP contribution in [-0.2, 0) is 12.8 Å². The quantitative estimate of drug-likeness (QED) is 0.131. The van der Waals surface area contributed by atoms with Gasteiger partial charge in [-0.25, -0.2) is 0 Å². The molecule has 0 amide bonds. The number of hydrogen-bond acceptors (Lipinski definition) is 4. The Morgan fingerprint density at radius 2 is 0.829 bits per heavy atom. The molecule has 13 aromatic rings. The van der Waals surface area contributed by atoms with Gasteiger partial charge in [-0.15, -0.1) is 0 Å². The highest BCUT2D eigenvalue weighted by Crippen LogP contribution is 2.52. The summed E-state index contributed by atoms with van der Waals surface area (Å²) >= 11 is 0. The van der Waals surface area contributed by atoms with Crippen LogP contribution in [0.1, 0.15) is 47.2 Å². The predicted octanol–water partition coefficient (Wildman–Crippen LogP) is 20.5. The molecule has 0 radical (unpaired) electrons. The Labute approximate surface area is 444 Å². The molecule has 1 aromatic heterocycles. The number of benzene rings is 12. The lowest BCUT2D eigenvalue weighted by Gasteiger charge is -2.31. The number of anilines is 6. The van der Waals surface area contributed by atoms with E-state index in [9.17, 15) is 5.11 Å². The van der Waals surface area contributed by atoms with Gasteiger partial charge in [-0.1, -0.05) is 184 Å². The van der Waals surface area contributed by atoms with Crippen LogP contribution in [0.5, 0.6) is 5.75 Å². The molecule has 1 N–H and O–H groups in total. The maximum absolute atomic E-state index is 12.8. The van der Waals surface area contributed by atoms with E-state index in [2.05, 4.69) is 258 Å². The van der Waals surface area contributed by atoms with Gasteiger partial charge >= 0.3 is 0 Å². The normalized spacial score (nSPS) is 11.7. The largest absolute Gasteiger partial charge is 0.505 e. The van der Waals surface area contributed by atoms with Crippen molar-refractivity contribution >= 4 is 88.4 Å². The van der Waals surface area contributed by atoms with Crippen LogP contribution in [0, 0.1) is 27.7 Å². The van der Waals surface area contributed by atoms with Crippen LogP contribution in [0.3, 0.4) is 0 Å². The summed E-state index contributed by atoms with van der Waals surface area (Å²) in [7, 11) is 0. The average Bonchev–Trinajstić information content (AvgIpc) is 3.97. The summed E-state index contributed by atoms with van der Waals surface area (Å²) in [4.78, 5) is 4.71. The second-order valence-electron chi connectivity index (χ2n) is 20.6. The molecule has 0 saturated carbocycles. The van der Waals surface area contributed by atoms with Crippen LogP contribution < -0.4 is 9.80 Å².